The number of carbonyl (C=O) groups excluding carboxylic acids is 2. The van der Waals surface area contributed by atoms with Gasteiger partial charge >= 0.3 is 0 Å². The minimum atomic E-state index is -0.0786. The number of amides is 1. The number of rotatable bonds is 7. The number of nitrogens with zero attached hydrogens (tertiary/aromatic N) is 1. The van der Waals surface area contributed by atoms with Gasteiger partial charge in [0.15, 0.2) is 5.78 Å². The average Bonchev–Trinajstić information content (AvgIpc) is 3.75. The Hall–Kier alpha value is -3.24. The number of ketones is 1. The highest BCUT2D eigenvalue weighted by Crippen LogP contribution is 2.49. The molecular formula is C33H36N2O2. The van der Waals surface area contributed by atoms with E-state index in [0.717, 1.165) is 43.0 Å². The largest absolute Gasteiger partial charge is 0.352 e. The second kappa shape index (κ2) is 9.57. The third-order valence-corrected chi connectivity index (χ3v) is 9.17. The van der Waals surface area contributed by atoms with Crippen LogP contribution in [0, 0.1) is 11.8 Å². The van der Waals surface area contributed by atoms with E-state index in [-0.39, 0.29) is 29.1 Å². The maximum Gasteiger partial charge on any atom is 0.251 e. The normalized spacial score (nSPS) is 25.0. The summed E-state index contributed by atoms with van der Waals surface area (Å²) < 4.78 is 0. The van der Waals surface area contributed by atoms with E-state index in [9.17, 15) is 9.59 Å². The molecule has 0 aromatic heterocycles. The predicted octanol–water partition coefficient (Wildman–Crippen LogP) is 5.90. The number of fused-ring (bicyclic) bond motifs is 4. The Balaban J connectivity index is 1.13. The molecular weight excluding hydrogens is 456 g/mol. The molecule has 1 saturated heterocycles. The molecule has 3 atom stereocenters. The first-order valence-corrected chi connectivity index (χ1v) is 13.8. The quantitative estimate of drug-likeness (QED) is 0.447. The summed E-state index contributed by atoms with van der Waals surface area (Å²) in [6.07, 6.45) is 4.41. The second-order valence-corrected chi connectivity index (χ2v) is 11.5. The van der Waals surface area contributed by atoms with Crippen LogP contribution < -0.4 is 5.32 Å². The van der Waals surface area contributed by atoms with Gasteiger partial charge < -0.3 is 5.32 Å². The van der Waals surface area contributed by atoms with Crippen molar-refractivity contribution in [2.45, 2.75) is 51.0 Å². The zero-order valence-corrected chi connectivity index (χ0v) is 21.9. The van der Waals surface area contributed by atoms with Crippen molar-refractivity contribution in [2.75, 3.05) is 19.6 Å². The van der Waals surface area contributed by atoms with Gasteiger partial charge in [0, 0.05) is 24.2 Å². The van der Waals surface area contributed by atoms with Gasteiger partial charge in [-0.1, -0.05) is 74.5 Å². The van der Waals surface area contributed by atoms with E-state index in [4.69, 9.17) is 0 Å². The van der Waals surface area contributed by atoms with Crippen molar-refractivity contribution < 1.29 is 9.59 Å². The van der Waals surface area contributed by atoms with Crippen LogP contribution in [0.4, 0.5) is 0 Å². The number of hydrogen-bond acceptors (Lipinski definition) is 3. The van der Waals surface area contributed by atoms with E-state index in [2.05, 4.69) is 60.5 Å². The molecule has 1 aliphatic heterocycles. The van der Waals surface area contributed by atoms with E-state index < -0.39 is 0 Å². The van der Waals surface area contributed by atoms with Crippen molar-refractivity contribution in [3.63, 3.8) is 0 Å². The fourth-order valence-corrected chi connectivity index (χ4v) is 6.47. The standard InChI is InChI=1S/C33H36N2O2/c1-22-30-31(36)28-15-14-27(20-29(28)33(22,2)17-19-35(30)21-24-8-9-24)32(37)34-18-16-23-10-12-26(13-11-23)25-6-4-3-5-7-25/h3-7,10-15,20,22,24,30H,8-9,16-19,21H2,1-2H3,(H,34,37)/t22-,30?,33-/m0/s1. The first-order chi connectivity index (χ1) is 17.9. The van der Waals surface area contributed by atoms with Crippen molar-refractivity contribution in [2.24, 2.45) is 11.8 Å². The lowest BCUT2D eigenvalue weighted by Crippen LogP contribution is -2.61. The van der Waals surface area contributed by atoms with Crippen LogP contribution in [0.25, 0.3) is 11.1 Å². The number of carbonyl (C=O) groups is 2. The monoisotopic (exact) mass is 492 g/mol. The molecule has 0 spiro atoms. The van der Waals surface area contributed by atoms with Crippen molar-refractivity contribution in [1.29, 1.82) is 0 Å². The average molecular weight is 493 g/mol. The topological polar surface area (TPSA) is 49.4 Å². The SMILES string of the molecule is C[C@H]1C2C(=O)c3ccc(C(=O)NCCc4ccc(-c5ccccc5)cc4)cc3[C@@]1(C)CCN2CC1CC1. The Morgan fingerprint density at radius 2 is 1.73 bits per heavy atom. The molecule has 37 heavy (non-hydrogen) atoms. The lowest BCUT2D eigenvalue weighted by Gasteiger charge is -2.53. The van der Waals surface area contributed by atoms with Crippen LogP contribution in [0.2, 0.25) is 0 Å². The van der Waals surface area contributed by atoms with Crippen LogP contribution in [0.1, 0.15) is 65.0 Å². The van der Waals surface area contributed by atoms with E-state index >= 15 is 0 Å². The van der Waals surface area contributed by atoms with E-state index in [1.54, 1.807) is 0 Å². The van der Waals surface area contributed by atoms with Crippen molar-refractivity contribution in [3.05, 3.63) is 95.1 Å². The van der Waals surface area contributed by atoms with Gasteiger partial charge in [-0.15, -0.1) is 0 Å². The lowest BCUT2D eigenvalue weighted by atomic mass is 9.58. The highest BCUT2D eigenvalue weighted by Gasteiger charge is 2.53. The number of benzene rings is 3. The molecule has 3 aromatic rings. The summed E-state index contributed by atoms with van der Waals surface area (Å²) in [4.78, 5) is 29.1. The smallest absolute Gasteiger partial charge is 0.251 e. The van der Waals surface area contributed by atoms with Gasteiger partial charge in [-0.25, -0.2) is 0 Å². The Morgan fingerprint density at radius 3 is 2.46 bits per heavy atom. The number of Topliss-reactive ketones (excluding diaryl/α,β-unsaturated/α-hetero) is 1. The third kappa shape index (κ3) is 4.53. The predicted molar refractivity (Wildman–Crippen MR) is 148 cm³/mol. The maximum absolute atomic E-state index is 13.6. The highest BCUT2D eigenvalue weighted by atomic mass is 16.1. The van der Waals surface area contributed by atoms with Gasteiger partial charge in [0.1, 0.15) is 0 Å². The molecule has 4 heteroatoms. The number of hydrogen-bond donors (Lipinski definition) is 1. The molecule has 6 rings (SSSR count). The minimum Gasteiger partial charge on any atom is -0.352 e. The molecule has 1 heterocycles. The molecule has 1 saturated carbocycles. The van der Waals surface area contributed by atoms with E-state index in [0.29, 0.717) is 12.1 Å². The van der Waals surface area contributed by atoms with Gasteiger partial charge in [0.2, 0.25) is 0 Å². The molecule has 190 valence electrons. The Morgan fingerprint density at radius 1 is 1.00 bits per heavy atom. The van der Waals surface area contributed by atoms with Crippen molar-refractivity contribution in [1.82, 2.24) is 10.2 Å². The molecule has 1 N–H and O–H groups in total. The minimum absolute atomic E-state index is 0.0280. The molecule has 3 aromatic carbocycles. The molecule has 2 bridgehead atoms. The van der Waals surface area contributed by atoms with Crippen LogP contribution >= 0.6 is 0 Å². The zero-order valence-electron chi connectivity index (χ0n) is 21.9. The molecule has 3 aliphatic rings. The van der Waals surface area contributed by atoms with Crippen molar-refractivity contribution >= 4 is 11.7 Å². The summed E-state index contributed by atoms with van der Waals surface area (Å²) in [6, 6.07) is 24.6. The number of piperidine rings is 1. The molecule has 2 fully saturated rings. The van der Waals surface area contributed by atoms with Gasteiger partial charge in [-0.2, -0.15) is 0 Å². The Bertz CT molecular complexity index is 1310. The maximum atomic E-state index is 13.6. The summed E-state index contributed by atoms with van der Waals surface area (Å²) in [5.74, 6) is 1.20. The zero-order chi connectivity index (χ0) is 25.6. The molecule has 1 unspecified atom stereocenters. The summed E-state index contributed by atoms with van der Waals surface area (Å²) in [6.45, 7) is 7.13. The fraction of sp³-hybridized carbons (Fsp3) is 0.394. The summed E-state index contributed by atoms with van der Waals surface area (Å²) >= 11 is 0. The fourth-order valence-electron chi connectivity index (χ4n) is 6.47. The van der Waals surface area contributed by atoms with Crippen LogP contribution in [0.3, 0.4) is 0 Å². The third-order valence-electron chi connectivity index (χ3n) is 9.17. The summed E-state index contributed by atoms with van der Waals surface area (Å²) in [5, 5.41) is 3.09. The highest BCUT2D eigenvalue weighted by molar-refractivity contribution is 6.05. The van der Waals surface area contributed by atoms with Crippen LogP contribution in [-0.4, -0.2) is 42.3 Å². The molecule has 1 amide bonds. The first kappa shape index (κ1) is 24.1. The van der Waals surface area contributed by atoms with E-state index in [1.165, 1.54) is 29.5 Å². The van der Waals surface area contributed by atoms with Crippen LogP contribution in [0.15, 0.2) is 72.8 Å². The van der Waals surface area contributed by atoms with E-state index in [1.807, 2.05) is 36.4 Å². The molecule has 4 nitrogen and oxygen atoms in total. The van der Waals surface area contributed by atoms with Gasteiger partial charge in [-0.05, 0) is 83.9 Å². The lowest BCUT2D eigenvalue weighted by molar-refractivity contribution is 0.0265. The first-order valence-electron chi connectivity index (χ1n) is 13.8. The second-order valence-electron chi connectivity index (χ2n) is 11.5. The number of likely N-dealkylation sites (tertiary alicyclic amines) is 1. The Kier molecular flexibility index (Phi) is 6.24. The van der Waals surface area contributed by atoms with Crippen molar-refractivity contribution in [3.8, 4) is 11.1 Å². The van der Waals surface area contributed by atoms with Crippen LogP contribution in [0.5, 0.6) is 0 Å². The molecule has 2 aliphatic carbocycles. The Labute approximate surface area is 220 Å². The van der Waals surface area contributed by atoms with Crippen LogP contribution in [-0.2, 0) is 11.8 Å². The number of nitrogens with one attached hydrogen (secondary N) is 1. The molecule has 0 radical (unpaired) electrons. The van der Waals surface area contributed by atoms with Gasteiger partial charge in [-0.3, -0.25) is 14.5 Å². The van der Waals surface area contributed by atoms with Gasteiger partial charge in [0.05, 0.1) is 6.04 Å². The van der Waals surface area contributed by atoms with Gasteiger partial charge in [0.25, 0.3) is 5.91 Å². The summed E-state index contributed by atoms with van der Waals surface area (Å²) in [5.41, 5.74) is 6.05. The summed E-state index contributed by atoms with van der Waals surface area (Å²) in [7, 11) is 0.